The van der Waals surface area contributed by atoms with E-state index >= 15 is 0 Å². The number of rotatable bonds is 6. The fraction of sp³-hybridized carbons (Fsp3) is 0.0476. The molecule has 1 N–H and O–H groups in total. The summed E-state index contributed by atoms with van der Waals surface area (Å²) in [6, 6.07) is 14.2. The maximum absolute atomic E-state index is 13.1. The van der Waals surface area contributed by atoms with Gasteiger partial charge in [0.25, 0.3) is 0 Å². The Morgan fingerprint density at radius 3 is 2.63 bits per heavy atom. The number of hydrogen-bond acceptors (Lipinski definition) is 3. The van der Waals surface area contributed by atoms with Crippen LogP contribution in [0.2, 0.25) is 0 Å². The smallest absolute Gasteiger partial charge is 0.248 e. The van der Waals surface area contributed by atoms with Crippen molar-refractivity contribution in [2.24, 2.45) is 0 Å². The summed E-state index contributed by atoms with van der Waals surface area (Å²) in [6.45, 7) is 0.278. The zero-order valence-electron chi connectivity index (χ0n) is 14.2. The number of pyridine rings is 1. The van der Waals surface area contributed by atoms with Crippen LogP contribution in [0, 0.1) is 11.6 Å². The maximum Gasteiger partial charge on any atom is 0.248 e. The minimum Gasteiger partial charge on any atom is -0.489 e. The van der Waals surface area contributed by atoms with Crippen molar-refractivity contribution >= 4 is 17.7 Å². The standard InChI is InChI=1S/C21H16F2N2O2/c22-17-5-7-20(8-6-17)27-14-16-2-1-3-19(11-16)25-21(26)9-4-15-10-18(23)13-24-12-15/h1-13H,14H2,(H,25,26)/b9-4+. The van der Waals surface area contributed by atoms with Crippen LogP contribution in [0.4, 0.5) is 14.5 Å². The highest BCUT2D eigenvalue weighted by atomic mass is 19.1. The molecule has 0 unspecified atom stereocenters. The van der Waals surface area contributed by atoms with Gasteiger partial charge in [0.1, 0.15) is 24.0 Å². The summed E-state index contributed by atoms with van der Waals surface area (Å²) >= 11 is 0. The van der Waals surface area contributed by atoms with E-state index in [0.717, 1.165) is 11.8 Å². The van der Waals surface area contributed by atoms with Gasteiger partial charge in [-0.25, -0.2) is 8.78 Å². The van der Waals surface area contributed by atoms with Crippen molar-refractivity contribution in [3.05, 3.63) is 95.8 Å². The van der Waals surface area contributed by atoms with Gasteiger partial charge in [-0.3, -0.25) is 9.78 Å². The molecule has 0 fully saturated rings. The van der Waals surface area contributed by atoms with E-state index in [1.54, 1.807) is 30.3 Å². The summed E-state index contributed by atoms with van der Waals surface area (Å²) < 4.78 is 31.6. The molecule has 3 aromatic rings. The molecule has 0 aliphatic heterocycles. The lowest BCUT2D eigenvalue weighted by Crippen LogP contribution is -2.08. The fourth-order valence-electron chi connectivity index (χ4n) is 2.31. The fourth-order valence-corrected chi connectivity index (χ4v) is 2.31. The predicted octanol–water partition coefficient (Wildman–Crippen LogP) is 4.59. The molecule has 0 aliphatic carbocycles. The second-order valence-electron chi connectivity index (χ2n) is 5.70. The molecule has 0 bridgehead atoms. The van der Waals surface area contributed by atoms with Gasteiger partial charge in [-0.05, 0) is 59.7 Å². The first kappa shape index (κ1) is 18.3. The second kappa shape index (κ2) is 8.71. The highest BCUT2D eigenvalue weighted by molar-refractivity contribution is 6.01. The van der Waals surface area contributed by atoms with E-state index in [4.69, 9.17) is 4.74 Å². The van der Waals surface area contributed by atoms with Crippen LogP contribution in [0.15, 0.2) is 73.1 Å². The van der Waals surface area contributed by atoms with Crippen molar-refractivity contribution in [2.75, 3.05) is 5.32 Å². The molecule has 0 saturated heterocycles. The van der Waals surface area contributed by atoms with E-state index in [1.165, 1.54) is 36.5 Å². The molecule has 0 atom stereocenters. The van der Waals surface area contributed by atoms with Gasteiger partial charge in [-0.15, -0.1) is 0 Å². The van der Waals surface area contributed by atoms with Crippen LogP contribution < -0.4 is 10.1 Å². The van der Waals surface area contributed by atoms with E-state index in [0.29, 0.717) is 17.0 Å². The third-order valence-electron chi connectivity index (χ3n) is 3.57. The summed E-state index contributed by atoms with van der Waals surface area (Å²) in [5.41, 5.74) is 1.93. The molecule has 6 heteroatoms. The highest BCUT2D eigenvalue weighted by Gasteiger charge is 2.02. The van der Waals surface area contributed by atoms with E-state index in [1.807, 2.05) is 6.07 Å². The molecule has 3 rings (SSSR count). The molecule has 1 amide bonds. The first-order chi connectivity index (χ1) is 13.1. The van der Waals surface area contributed by atoms with Gasteiger partial charge in [-0.2, -0.15) is 0 Å². The van der Waals surface area contributed by atoms with Gasteiger partial charge >= 0.3 is 0 Å². The largest absolute Gasteiger partial charge is 0.489 e. The van der Waals surface area contributed by atoms with Gasteiger partial charge in [0.05, 0.1) is 6.20 Å². The summed E-state index contributed by atoms with van der Waals surface area (Å²) in [5, 5.41) is 2.73. The third kappa shape index (κ3) is 5.74. The Bertz CT molecular complexity index is 956. The lowest BCUT2D eigenvalue weighted by molar-refractivity contribution is -0.111. The summed E-state index contributed by atoms with van der Waals surface area (Å²) in [6.07, 6.45) is 5.34. The van der Waals surface area contributed by atoms with Crippen LogP contribution in [-0.2, 0) is 11.4 Å². The number of ether oxygens (including phenoxy) is 1. The van der Waals surface area contributed by atoms with Crippen LogP contribution in [0.25, 0.3) is 6.08 Å². The number of carbonyl (C=O) groups is 1. The van der Waals surface area contributed by atoms with Crippen LogP contribution in [0.5, 0.6) is 5.75 Å². The number of aromatic nitrogens is 1. The molecule has 0 radical (unpaired) electrons. The number of nitrogens with zero attached hydrogens (tertiary/aromatic N) is 1. The maximum atomic E-state index is 13.1. The van der Waals surface area contributed by atoms with Crippen molar-refractivity contribution in [1.82, 2.24) is 4.98 Å². The van der Waals surface area contributed by atoms with Crippen molar-refractivity contribution in [3.8, 4) is 5.75 Å². The van der Waals surface area contributed by atoms with Gasteiger partial charge in [-0.1, -0.05) is 12.1 Å². The Kier molecular flexibility index (Phi) is 5.89. The molecule has 2 aromatic carbocycles. The second-order valence-corrected chi connectivity index (χ2v) is 5.70. The number of anilines is 1. The molecule has 136 valence electrons. The average Bonchev–Trinajstić information content (AvgIpc) is 2.66. The van der Waals surface area contributed by atoms with Crippen LogP contribution in [0.1, 0.15) is 11.1 Å². The average molecular weight is 366 g/mol. The molecule has 0 saturated carbocycles. The Labute approximate surface area is 155 Å². The first-order valence-electron chi connectivity index (χ1n) is 8.15. The monoisotopic (exact) mass is 366 g/mol. The zero-order chi connectivity index (χ0) is 19.1. The minimum atomic E-state index is -0.466. The highest BCUT2D eigenvalue weighted by Crippen LogP contribution is 2.16. The number of hydrogen-bond donors (Lipinski definition) is 1. The van der Waals surface area contributed by atoms with Crippen molar-refractivity contribution < 1.29 is 18.3 Å². The Balaban J connectivity index is 1.58. The molecular weight excluding hydrogens is 350 g/mol. The summed E-state index contributed by atoms with van der Waals surface area (Å²) in [7, 11) is 0. The lowest BCUT2D eigenvalue weighted by atomic mass is 10.2. The third-order valence-corrected chi connectivity index (χ3v) is 3.57. The van der Waals surface area contributed by atoms with Crippen molar-refractivity contribution in [3.63, 3.8) is 0 Å². The van der Waals surface area contributed by atoms with E-state index in [2.05, 4.69) is 10.3 Å². The SMILES string of the molecule is O=C(/C=C/c1cncc(F)c1)Nc1cccc(COc2ccc(F)cc2)c1. The Morgan fingerprint density at radius 2 is 1.85 bits per heavy atom. The van der Waals surface area contributed by atoms with Crippen molar-refractivity contribution in [1.29, 1.82) is 0 Å². The van der Waals surface area contributed by atoms with E-state index in [9.17, 15) is 13.6 Å². The van der Waals surface area contributed by atoms with Gasteiger partial charge in [0.15, 0.2) is 0 Å². The predicted molar refractivity (Wildman–Crippen MR) is 99.0 cm³/mol. The molecule has 4 nitrogen and oxygen atoms in total. The number of amides is 1. The summed E-state index contributed by atoms with van der Waals surface area (Å²) in [4.78, 5) is 15.7. The van der Waals surface area contributed by atoms with Crippen LogP contribution in [0.3, 0.4) is 0 Å². The number of halogens is 2. The number of benzene rings is 2. The van der Waals surface area contributed by atoms with Crippen molar-refractivity contribution in [2.45, 2.75) is 6.61 Å². The van der Waals surface area contributed by atoms with Gasteiger partial charge < -0.3 is 10.1 Å². The van der Waals surface area contributed by atoms with E-state index in [-0.39, 0.29) is 18.3 Å². The first-order valence-corrected chi connectivity index (χ1v) is 8.15. The van der Waals surface area contributed by atoms with E-state index < -0.39 is 5.82 Å². The van der Waals surface area contributed by atoms with Crippen LogP contribution >= 0.6 is 0 Å². The lowest BCUT2D eigenvalue weighted by Gasteiger charge is -2.08. The minimum absolute atomic E-state index is 0.278. The summed E-state index contributed by atoms with van der Waals surface area (Å²) in [5.74, 6) is -0.589. The Morgan fingerprint density at radius 1 is 1.04 bits per heavy atom. The topological polar surface area (TPSA) is 51.2 Å². The van der Waals surface area contributed by atoms with Crippen LogP contribution in [-0.4, -0.2) is 10.9 Å². The molecule has 27 heavy (non-hydrogen) atoms. The molecule has 1 aromatic heterocycles. The van der Waals surface area contributed by atoms with Gasteiger partial charge in [0.2, 0.25) is 5.91 Å². The normalized spacial score (nSPS) is 10.7. The zero-order valence-corrected chi connectivity index (χ0v) is 14.2. The molecule has 0 spiro atoms. The van der Waals surface area contributed by atoms with Gasteiger partial charge in [0, 0.05) is 18.0 Å². The number of carbonyl (C=O) groups excluding carboxylic acids is 1. The molecule has 0 aliphatic rings. The number of nitrogens with one attached hydrogen (secondary N) is 1. The molecular formula is C21H16F2N2O2. The Hall–Kier alpha value is -3.54. The quantitative estimate of drug-likeness (QED) is 0.649. The molecule has 1 heterocycles.